The van der Waals surface area contributed by atoms with E-state index in [0.717, 1.165) is 11.1 Å². The quantitative estimate of drug-likeness (QED) is 0.519. The van der Waals surface area contributed by atoms with Crippen molar-refractivity contribution >= 4 is 23.2 Å². The van der Waals surface area contributed by atoms with Crippen molar-refractivity contribution in [2.75, 3.05) is 0 Å². The SMILES string of the molecule is Clc1cccc(-c2ccc(-c3ccccc3)cc2)c1Cl. The first-order chi connectivity index (χ1) is 9.75. The summed E-state index contributed by atoms with van der Waals surface area (Å²) in [4.78, 5) is 0. The summed E-state index contributed by atoms with van der Waals surface area (Å²) < 4.78 is 0. The number of hydrogen-bond donors (Lipinski definition) is 0. The molecule has 3 aromatic rings. The van der Waals surface area contributed by atoms with E-state index in [2.05, 4.69) is 36.4 Å². The second-order valence-electron chi connectivity index (χ2n) is 4.54. The molecule has 0 N–H and O–H groups in total. The van der Waals surface area contributed by atoms with Crippen LogP contribution < -0.4 is 0 Å². The maximum absolute atomic E-state index is 6.25. The van der Waals surface area contributed by atoms with Gasteiger partial charge in [0.25, 0.3) is 0 Å². The Morgan fingerprint density at radius 3 is 1.80 bits per heavy atom. The van der Waals surface area contributed by atoms with E-state index in [0.29, 0.717) is 10.0 Å². The van der Waals surface area contributed by atoms with Gasteiger partial charge in [-0.25, -0.2) is 0 Å². The summed E-state index contributed by atoms with van der Waals surface area (Å²) in [6.45, 7) is 0. The molecule has 2 heteroatoms. The minimum absolute atomic E-state index is 0.580. The van der Waals surface area contributed by atoms with E-state index in [-0.39, 0.29) is 0 Å². The van der Waals surface area contributed by atoms with Gasteiger partial charge in [0.15, 0.2) is 0 Å². The van der Waals surface area contributed by atoms with Gasteiger partial charge >= 0.3 is 0 Å². The van der Waals surface area contributed by atoms with Gasteiger partial charge in [-0.3, -0.25) is 0 Å². The monoisotopic (exact) mass is 298 g/mol. The smallest absolute Gasteiger partial charge is 0.0670 e. The van der Waals surface area contributed by atoms with Crippen LogP contribution in [0.25, 0.3) is 22.3 Å². The fourth-order valence-electron chi connectivity index (χ4n) is 2.20. The molecular weight excluding hydrogens is 287 g/mol. The molecule has 0 nitrogen and oxygen atoms in total. The summed E-state index contributed by atoms with van der Waals surface area (Å²) in [7, 11) is 0. The summed E-state index contributed by atoms with van der Waals surface area (Å²) in [5.41, 5.74) is 4.42. The molecule has 98 valence electrons. The van der Waals surface area contributed by atoms with Crippen molar-refractivity contribution in [3.8, 4) is 22.3 Å². The average molecular weight is 299 g/mol. The van der Waals surface area contributed by atoms with Crippen LogP contribution in [-0.2, 0) is 0 Å². The normalized spacial score (nSPS) is 10.5. The van der Waals surface area contributed by atoms with Gasteiger partial charge in [0.05, 0.1) is 10.0 Å². The van der Waals surface area contributed by atoms with Crippen LogP contribution in [0, 0.1) is 0 Å². The van der Waals surface area contributed by atoms with Crippen LogP contribution >= 0.6 is 23.2 Å². The third kappa shape index (κ3) is 2.58. The largest absolute Gasteiger partial charge is 0.0827 e. The van der Waals surface area contributed by atoms with E-state index < -0.39 is 0 Å². The minimum Gasteiger partial charge on any atom is -0.0827 e. The first-order valence-electron chi connectivity index (χ1n) is 6.35. The number of benzene rings is 3. The highest BCUT2D eigenvalue weighted by molar-refractivity contribution is 6.43. The van der Waals surface area contributed by atoms with Gasteiger partial charge in [-0.2, -0.15) is 0 Å². The van der Waals surface area contributed by atoms with E-state index >= 15 is 0 Å². The van der Waals surface area contributed by atoms with Crippen molar-refractivity contribution in [1.29, 1.82) is 0 Å². The predicted octanol–water partition coefficient (Wildman–Crippen LogP) is 6.33. The van der Waals surface area contributed by atoms with Gasteiger partial charge in [0.1, 0.15) is 0 Å². The minimum atomic E-state index is 0.580. The van der Waals surface area contributed by atoms with Crippen molar-refractivity contribution < 1.29 is 0 Å². The zero-order valence-electron chi connectivity index (χ0n) is 10.7. The molecule has 0 radical (unpaired) electrons. The molecule has 0 aliphatic carbocycles. The number of hydrogen-bond acceptors (Lipinski definition) is 0. The molecule has 0 amide bonds. The lowest BCUT2D eigenvalue weighted by atomic mass is 10.0. The lowest BCUT2D eigenvalue weighted by Gasteiger charge is -2.07. The van der Waals surface area contributed by atoms with Crippen LogP contribution in [0.2, 0.25) is 10.0 Å². The number of rotatable bonds is 2. The second kappa shape index (κ2) is 5.70. The highest BCUT2D eigenvalue weighted by Crippen LogP contribution is 2.34. The fraction of sp³-hybridized carbons (Fsp3) is 0. The Bertz CT molecular complexity index is 716. The molecule has 0 atom stereocenters. The van der Waals surface area contributed by atoms with Crippen LogP contribution in [0.3, 0.4) is 0 Å². The molecule has 0 bridgehead atoms. The summed E-state index contributed by atoms with van der Waals surface area (Å²) in [6, 6.07) is 24.3. The molecule has 0 aliphatic heterocycles. The molecule has 0 saturated carbocycles. The molecule has 0 aromatic heterocycles. The standard InChI is InChI=1S/C18H12Cl2/c19-17-8-4-7-16(18(17)20)15-11-9-14(10-12-15)13-5-2-1-3-6-13/h1-12H. The van der Waals surface area contributed by atoms with Gasteiger partial charge in [-0.15, -0.1) is 0 Å². The first kappa shape index (κ1) is 13.2. The van der Waals surface area contributed by atoms with Gasteiger partial charge < -0.3 is 0 Å². The Balaban J connectivity index is 2.00. The van der Waals surface area contributed by atoms with Crippen molar-refractivity contribution in [1.82, 2.24) is 0 Å². The van der Waals surface area contributed by atoms with Crippen LogP contribution in [0.15, 0.2) is 72.8 Å². The summed E-state index contributed by atoms with van der Waals surface area (Å²) in [5, 5.41) is 1.18. The molecular formula is C18H12Cl2. The van der Waals surface area contributed by atoms with Gasteiger partial charge in [0.2, 0.25) is 0 Å². The Morgan fingerprint density at radius 2 is 1.10 bits per heavy atom. The van der Waals surface area contributed by atoms with Crippen LogP contribution in [0.1, 0.15) is 0 Å². The van der Waals surface area contributed by atoms with Gasteiger partial charge in [-0.1, -0.05) is 89.9 Å². The van der Waals surface area contributed by atoms with Gasteiger partial charge in [-0.05, 0) is 22.8 Å². The Morgan fingerprint density at radius 1 is 0.500 bits per heavy atom. The Kier molecular flexibility index (Phi) is 3.77. The molecule has 0 fully saturated rings. The van der Waals surface area contributed by atoms with Crippen LogP contribution in [0.4, 0.5) is 0 Å². The highest BCUT2D eigenvalue weighted by Gasteiger charge is 2.06. The van der Waals surface area contributed by atoms with E-state index in [1.54, 1.807) is 6.07 Å². The number of halogens is 2. The molecule has 0 heterocycles. The molecule has 3 rings (SSSR count). The van der Waals surface area contributed by atoms with Crippen molar-refractivity contribution in [3.63, 3.8) is 0 Å². The van der Waals surface area contributed by atoms with Crippen LogP contribution in [0.5, 0.6) is 0 Å². The van der Waals surface area contributed by atoms with E-state index in [1.807, 2.05) is 30.3 Å². The zero-order valence-corrected chi connectivity index (χ0v) is 12.2. The average Bonchev–Trinajstić information content (AvgIpc) is 2.51. The summed E-state index contributed by atoms with van der Waals surface area (Å²) >= 11 is 12.3. The van der Waals surface area contributed by atoms with Crippen molar-refractivity contribution in [3.05, 3.63) is 82.8 Å². The first-order valence-corrected chi connectivity index (χ1v) is 7.11. The van der Waals surface area contributed by atoms with Crippen molar-refractivity contribution in [2.24, 2.45) is 0 Å². The van der Waals surface area contributed by atoms with Gasteiger partial charge in [0, 0.05) is 5.56 Å². The summed E-state index contributed by atoms with van der Waals surface area (Å²) in [5.74, 6) is 0. The molecule has 0 unspecified atom stereocenters. The zero-order chi connectivity index (χ0) is 13.9. The third-order valence-corrected chi connectivity index (χ3v) is 4.07. The third-order valence-electron chi connectivity index (χ3n) is 3.25. The van der Waals surface area contributed by atoms with Crippen LogP contribution in [-0.4, -0.2) is 0 Å². The lowest BCUT2D eigenvalue weighted by molar-refractivity contribution is 1.59. The molecule has 0 aliphatic rings. The van der Waals surface area contributed by atoms with E-state index in [9.17, 15) is 0 Å². The molecule has 0 saturated heterocycles. The summed E-state index contributed by atoms with van der Waals surface area (Å²) in [6.07, 6.45) is 0. The topological polar surface area (TPSA) is 0 Å². The fourth-order valence-corrected chi connectivity index (χ4v) is 2.61. The maximum atomic E-state index is 6.25. The van der Waals surface area contributed by atoms with E-state index in [4.69, 9.17) is 23.2 Å². The maximum Gasteiger partial charge on any atom is 0.0670 e. The molecule has 3 aromatic carbocycles. The molecule has 0 spiro atoms. The van der Waals surface area contributed by atoms with E-state index in [1.165, 1.54) is 11.1 Å². The Labute approximate surface area is 128 Å². The Hall–Kier alpha value is -1.76. The van der Waals surface area contributed by atoms with Crippen molar-refractivity contribution in [2.45, 2.75) is 0 Å². The predicted molar refractivity (Wildman–Crippen MR) is 87.3 cm³/mol. The lowest BCUT2D eigenvalue weighted by Crippen LogP contribution is -1.82. The highest BCUT2D eigenvalue weighted by atomic mass is 35.5. The second-order valence-corrected chi connectivity index (χ2v) is 5.33. The molecule has 20 heavy (non-hydrogen) atoms.